The number of likely N-dealkylation sites (N-methyl/N-ethyl adjacent to an activating group) is 1. The molecule has 0 spiro atoms. The Bertz CT molecular complexity index is 1270. The van der Waals surface area contributed by atoms with Crippen LogP contribution < -0.4 is 5.73 Å². The highest BCUT2D eigenvalue weighted by Gasteiger charge is 2.13. The minimum atomic E-state index is -0.149. The highest BCUT2D eigenvalue weighted by atomic mass is 16.2. The van der Waals surface area contributed by atoms with Gasteiger partial charge in [0.25, 0.3) is 5.91 Å². The molecule has 3 aromatic rings. The third-order valence-electron chi connectivity index (χ3n) is 5.71. The molecule has 0 fully saturated rings. The molecule has 5 heteroatoms. The Balaban J connectivity index is 1.66. The predicted molar refractivity (Wildman–Crippen MR) is 137 cm³/mol. The molecule has 0 saturated heterocycles. The van der Waals surface area contributed by atoms with Crippen molar-refractivity contribution in [3.8, 4) is 0 Å². The van der Waals surface area contributed by atoms with E-state index in [9.17, 15) is 4.79 Å². The van der Waals surface area contributed by atoms with Gasteiger partial charge >= 0.3 is 0 Å². The molecule has 5 nitrogen and oxygen atoms in total. The number of benzene rings is 2. The van der Waals surface area contributed by atoms with Gasteiger partial charge in [0, 0.05) is 55.6 Å². The molecule has 3 rings (SSSR count). The van der Waals surface area contributed by atoms with Gasteiger partial charge in [-0.05, 0) is 72.9 Å². The fraction of sp³-hybridized carbons (Fsp3) is 0.250. The fourth-order valence-corrected chi connectivity index (χ4v) is 3.91. The maximum Gasteiger partial charge on any atom is 0.253 e. The number of fused-ring (bicyclic) bond motifs is 1. The van der Waals surface area contributed by atoms with Gasteiger partial charge in [0.15, 0.2) is 0 Å². The van der Waals surface area contributed by atoms with E-state index in [1.165, 1.54) is 0 Å². The molecule has 33 heavy (non-hydrogen) atoms. The Kier molecular flexibility index (Phi) is 7.44. The van der Waals surface area contributed by atoms with Crippen molar-refractivity contribution in [1.29, 1.82) is 0 Å². The Hall–Kier alpha value is -3.73. The maximum atomic E-state index is 12.9. The van der Waals surface area contributed by atoms with Crippen molar-refractivity contribution in [1.82, 2.24) is 9.88 Å². The van der Waals surface area contributed by atoms with Crippen LogP contribution in [0.1, 0.15) is 34.7 Å². The van der Waals surface area contributed by atoms with E-state index in [-0.39, 0.29) is 5.91 Å². The number of carbonyl (C=O) groups excluding carboxylic acids is 1. The first kappa shape index (κ1) is 23.9. The van der Waals surface area contributed by atoms with Gasteiger partial charge < -0.3 is 10.6 Å². The topological polar surface area (TPSA) is 71.6 Å². The molecule has 1 aromatic heterocycles. The molecule has 0 aliphatic rings. The van der Waals surface area contributed by atoms with Crippen LogP contribution in [-0.2, 0) is 17.8 Å². The largest absolute Gasteiger partial charge is 0.402 e. The van der Waals surface area contributed by atoms with E-state index < -0.39 is 0 Å². The van der Waals surface area contributed by atoms with Crippen molar-refractivity contribution >= 4 is 22.5 Å². The molecular weight excluding hydrogens is 408 g/mol. The smallest absolute Gasteiger partial charge is 0.253 e. The molecule has 1 amide bonds. The molecule has 2 N–H and O–H groups in total. The van der Waals surface area contributed by atoms with Gasteiger partial charge in [-0.2, -0.15) is 0 Å². The lowest BCUT2D eigenvalue weighted by Gasteiger charge is -2.19. The second-order valence-corrected chi connectivity index (χ2v) is 8.58. The number of carbonyl (C=O) groups is 1. The molecule has 2 aromatic carbocycles. The molecule has 0 aliphatic heterocycles. The minimum absolute atomic E-state index is 0.149. The zero-order chi connectivity index (χ0) is 24.1. The Morgan fingerprint density at radius 3 is 2.58 bits per heavy atom. The van der Waals surface area contributed by atoms with Crippen molar-refractivity contribution in [2.45, 2.75) is 33.7 Å². The van der Waals surface area contributed by atoms with Crippen molar-refractivity contribution in [3.63, 3.8) is 0 Å². The van der Waals surface area contributed by atoms with Crippen LogP contribution in [0.2, 0.25) is 0 Å². The molecule has 0 saturated carbocycles. The third kappa shape index (κ3) is 5.95. The summed E-state index contributed by atoms with van der Waals surface area (Å²) >= 11 is 0. The maximum absolute atomic E-state index is 12.9. The van der Waals surface area contributed by atoms with E-state index >= 15 is 0 Å². The average Bonchev–Trinajstić information content (AvgIpc) is 2.77. The van der Waals surface area contributed by atoms with E-state index in [2.05, 4.69) is 47.7 Å². The minimum Gasteiger partial charge on any atom is -0.402 e. The van der Waals surface area contributed by atoms with Gasteiger partial charge in [-0.25, -0.2) is 0 Å². The van der Waals surface area contributed by atoms with Crippen molar-refractivity contribution in [2.24, 2.45) is 10.7 Å². The second kappa shape index (κ2) is 10.3. The number of rotatable bonds is 7. The monoisotopic (exact) mass is 440 g/mol. The number of hydrogen-bond acceptors (Lipinski definition) is 4. The molecule has 0 bridgehead atoms. The average molecular weight is 441 g/mol. The summed E-state index contributed by atoms with van der Waals surface area (Å²) in [7, 11) is 3.57. The number of aromatic nitrogens is 1. The Morgan fingerprint density at radius 1 is 1.15 bits per heavy atom. The number of allylic oxidation sites excluding steroid dienone is 1. The van der Waals surface area contributed by atoms with Crippen LogP contribution in [0.4, 0.5) is 0 Å². The van der Waals surface area contributed by atoms with Crippen LogP contribution in [-0.4, -0.2) is 35.6 Å². The molecule has 1 heterocycles. The number of hydrogen-bond donors (Lipinski definition) is 1. The highest BCUT2D eigenvalue weighted by Crippen LogP contribution is 2.18. The number of aryl methyl sites for hydroxylation is 2. The van der Waals surface area contributed by atoms with Gasteiger partial charge in [-0.15, -0.1) is 0 Å². The number of nitrogens with zero attached hydrogens (tertiary/aromatic N) is 3. The lowest BCUT2D eigenvalue weighted by atomic mass is 10.0. The van der Waals surface area contributed by atoms with E-state index in [4.69, 9.17) is 5.73 Å². The van der Waals surface area contributed by atoms with Crippen molar-refractivity contribution < 1.29 is 4.79 Å². The van der Waals surface area contributed by atoms with Crippen LogP contribution >= 0.6 is 0 Å². The zero-order valence-electron chi connectivity index (χ0n) is 20.1. The first-order valence-electron chi connectivity index (χ1n) is 11.0. The van der Waals surface area contributed by atoms with E-state index in [1.807, 2.05) is 38.2 Å². The number of aliphatic imine (C=N–C) groups is 1. The van der Waals surface area contributed by atoms with Gasteiger partial charge in [0.05, 0.1) is 5.52 Å². The molecule has 0 unspecified atom stereocenters. The van der Waals surface area contributed by atoms with Gasteiger partial charge in [0.1, 0.15) is 0 Å². The zero-order valence-corrected chi connectivity index (χ0v) is 20.1. The van der Waals surface area contributed by atoms with E-state index in [1.54, 1.807) is 25.1 Å². The van der Waals surface area contributed by atoms with Crippen molar-refractivity contribution in [2.75, 3.05) is 14.1 Å². The SMILES string of the molecule is C=C(/C=C(\N)Cc1ccc2ncc(C)cc2c1)C(=O)N(C)Cc1ccc(/C(C)=N\C)c(C)c1. The van der Waals surface area contributed by atoms with Crippen LogP contribution in [0.5, 0.6) is 0 Å². The molecular formula is C28H32N4O. The predicted octanol–water partition coefficient (Wildman–Crippen LogP) is 4.89. The van der Waals surface area contributed by atoms with Gasteiger partial charge in [-0.1, -0.05) is 30.8 Å². The standard InChI is InChI=1S/C28H32N4O/c1-18-11-24-14-22(8-10-27(24)31-16-18)15-25(29)13-20(3)28(33)32(6)17-23-7-9-26(19(2)12-23)21(4)30-5/h7-14,16H,3,15,17,29H2,1-2,4-6H3/b25-13-,30-21-. The van der Waals surface area contributed by atoms with E-state index in [0.717, 1.165) is 44.4 Å². The normalized spacial score (nSPS) is 12.2. The first-order chi connectivity index (χ1) is 15.7. The Labute approximate surface area is 196 Å². The quantitative estimate of drug-likeness (QED) is 0.323. The van der Waals surface area contributed by atoms with Gasteiger partial charge in [-0.3, -0.25) is 14.8 Å². The first-order valence-corrected chi connectivity index (χ1v) is 11.0. The van der Waals surface area contributed by atoms with Crippen LogP contribution in [0.15, 0.2) is 77.6 Å². The summed E-state index contributed by atoms with van der Waals surface area (Å²) in [6.07, 6.45) is 4.07. The molecule has 0 aliphatic carbocycles. The van der Waals surface area contributed by atoms with Crippen molar-refractivity contribution in [3.05, 3.63) is 100 Å². The summed E-state index contributed by atoms with van der Waals surface area (Å²) in [6, 6.07) is 14.4. The van der Waals surface area contributed by atoms with Crippen LogP contribution in [0, 0.1) is 13.8 Å². The lowest BCUT2D eigenvalue weighted by molar-refractivity contribution is -0.126. The van der Waals surface area contributed by atoms with Crippen LogP contribution in [0.25, 0.3) is 10.9 Å². The molecule has 0 radical (unpaired) electrons. The summed E-state index contributed by atoms with van der Waals surface area (Å²) in [5, 5.41) is 1.08. The summed E-state index contributed by atoms with van der Waals surface area (Å²) in [6.45, 7) is 10.5. The summed E-state index contributed by atoms with van der Waals surface area (Å²) in [5.74, 6) is -0.149. The van der Waals surface area contributed by atoms with Crippen LogP contribution in [0.3, 0.4) is 0 Å². The second-order valence-electron chi connectivity index (χ2n) is 8.58. The fourth-order valence-electron chi connectivity index (χ4n) is 3.91. The van der Waals surface area contributed by atoms with Gasteiger partial charge in [0.2, 0.25) is 0 Å². The number of pyridine rings is 1. The molecule has 170 valence electrons. The van der Waals surface area contributed by atoms with E-state index in [0.29, 0.717) is 24.2 Å². The molecule has 0 atom stereocenters. The lowest BCUT2D eigenvalue weighted by Crippen LogP contribution is -2.27. The highest BCUT2D eigenvalue weighted by molar-refractivity contribution is 6.00. The number of amides is 1. The number of nitrogens with two attached hydrogens (primary N) is 1. The summed E-state index contributed by atoms with van der Waals surface area (Å²) < 4.78 is 0. The summed E-state index contributed by atoms with van der Waals surface area (Å²) in [4.78, 5) is 23.2. The Morgan fingerprint density at radius 2 is 1.88 bits per heavy atom. The summed E-state index contributed by atoms with van der Waals surface area (Å²) in [5.41, 5.74) is 14.7. The third-order valence-corrected chi connectivity index (χ3v) is 5.71.